The SMILES string of the molecule is Cc1cccc(OCC(=O)N2CC[C@@]34O[C@@H](c5ccccc5)CN3C(=O)C[C@@H]24)c1. The van der Waals surface area contributed by atoms with Crippen molar-refractivity contribution in [1.29, 1.82) is 0 Å². The third-order valence-corrected chi connectivity index (χ3v) is 6.27. The molecule has 0 aliphatic carbocycles. The average Bonchev–Trinajstić information content (AvgIpc) is 3.35. The van der Waals surface area contributed by atoms with Gasteiger partial charge in [0.1, 0.15) is 11.9 Å². The molecule has 0 aromatic heterocycles. The monoisotopic (exact) mass is 392 g/mol. The molecular weight excluding hydrogens is 368 g/mol. The summed E-state index contributed by atoms with van der Waals surface area (Å²) in [5.41, 5.74) is 1.45. The van der Waals surface area contributed by atoms with E-state index in [2.05, 4.69) is 0 Å². The molecule has 150 valence electrons. The summed E-state index contributed by atoms with van der Waals surface area (Å²) in [6.07, 6.45) is 0.808. The molecule has 6 heteroatoms. The molecule has 0 radical (unpaired) electrons. The largest absolute Gasteiger partial charge is 0.484 e. The molecular formula is C23H24N2O4. The number of carbonyl (C=O) groups excluding carboxylic acids is 2. The molecule has 6 nitrogen and oxygen atoms in total. The maximum absolute atomic E-state index is 12.9. The van der Waals surface area contributed by atoms with Crippen molar-refractivity contribution in [3.05, 3.63) is 65.7 Å². The van der Waals surface area contributed by atoms with E-state index in [4.69, 9.17) is 9.47 Å². The highest BCUT2D eigenvalue weighted by Crippen LogP contribution is 2.50. The fourth-order valence-electron chi connectivity index (χ4n) is 4.90. The van der Waals surface area contributed by atoms with Crippen molar-refractivity contribution in [2.45, 2.75) is 37.6 Å². The Morgan fingerprint density at radius 3 is 2.83 bits per heavy atom. The van der Waals surface area contributed by atoms with Gasteiger partial charge in [-0.2, -0.15) is 0 Å². The van der Waals surface area contributed by atoms with E-state index in [1.807, 2.05) is 66.4 Å². The lowest BCUT2D eigenvalue weighted by molar-refractivity contribution is -0.143. The highest BCUT2D eigenvalue weighted by molar-refractivity contribution is 5.85. The van der Waals surface area contributed by atoms with Gasteiger partial charge in [0.25, 0.3) is 5.91 Å². The summed E-state index contributed by atoms with van der Waals surface area (Å²) >= 11 is 0. The molecule has 0 bridgehead atoms. The van der Waals surface area contributed by atoms with Gasteiger partial charge in [-0.25, -0.2) is 0 Å². The van der Waals surface area contributed by atoms with Crippen LogP contribution in [0.15, 0.2) is 54.6 Å². The smallest absolute Gasteiger partial charge is 0.260 e. The van der Waals surface area contributed by atoms with E-state index in [1.54, 1.807) is 4.90 Å². The van der Waals surface area contributed by atoms with Gasteiger partial charge in [-0.15, -0.1) is 0 Å². The van der Waals surface area contributed by atoms with Gasteiger partial charge in [0, 0.05) is 13.0 Å². The highest BCUT2D eigenvalue weighted by Gasteiger charge is 2.64. The summed E-state index contributed by atoms with van der Waals surface area (Å²) in [4.78, 5) is 29.2. The molecule has 3 fully saturated rings. The number of amides is 2. The highest BCUT2D eigenvalue weighted by atomic mass is 16.5. The Balaban J connectivity index is 1.31. The van der Waals surface area contributed by atoms with Crippen molar-refractivity contribution in [3.8, 4) is 5.75 Å². The minimum absolute atomic E-state index is 0.0354. The van der Waals surface area contributed by atoms with E-state index in [1.165, 1.54) is 0 Å². The van der Waals surface area contributed by atoms with E-state index < -0.39 is 5.72 Å². The molecule has 2 aromatic carbocycles. The van der Waals surface area contributed by atoms with Gasteiger partial charge in [-0.05, 0) is 30.2 Å². The normalized spacial score (nSPS) is 27.8. The van der Waals surface area contributed by atoms with E-state index in [0.717, 1.165) is 11.1 Å². The average molecular weight is 392 g/mol. The van der Waals surface area contributed by atoms with Gasteiger partial charge in [0.15, 0.2) is 12.3 Å². The summed E-state index contributed by atoms with van der Waals surface area (Å²) in [6.45, 7) is 3.07. The predicted molar refractivity (Wildman–Crippen MR) is 106 cm³/mol. The first-order valence-electron chi connectivity index (χ1n) is 10.1. The van der Waals surface area contributed by atoms with E-state index in [-0.39, 0.29) is 30.6 Å². The fourth-order valence-corrected chi connectivity index (χ4v) is 4.90. The molecule has 2 aromatic rings. The summed E-state index contributed by atoms with van der Waals surface area (Å²) in [5.74, 6) is 0.637. The van der Waals surface area contributed by atoms with Crippen LogP contribution in [-0.4, -0.2) is 53.1 Å². The lowest BCUT2D eigenvalue weighted by atomic mass is 10.1. The van der Waals surface area contributed by atoms with E-state index in [0.29, 0.717) is 31.7 Å². The number of likely N-dealkylation sites (tertiary alicyclic amines) is 1. The number of carbonyl (C=O) groups is 2. The number of aryl methyl sites for hydroxylation is 1. The molecule has 2 amide bonds. The van der Waals surface area contributed by atoms with Crippen molar-refractivity contribution < 1.29 is 19.1 Å². The number of hydrogen-bond acceptors (Lipinski definition) is 4. The van der Waals surface area contributed by atoms with Crippen LogP contribution in [0.5, 0.6) is 5.75 Å². The van der Waals surface area contributed by atoms with Gasteiger partial charge in [0.2, 0.25) is 5.91 Å². The third kappa shape index (κ3) is 2.99. The van der Waals surface area contributed by atoms with Crippen molar-refractivity contribution >= 4 is 11.8 Å². The zero-order chi connectivity index (χ0) is 20.0. The minimum Gasteiger partial charge on any atom is -0.484 e. The predicted octanol–water partition coefficient (Wildman–Crippen LogP) is 2.67. The number of hydrogen-bond donors (Lipinski definition) is 0. The Morgan fingerprint density at radius 1 is 1.21 bits per heavy atom. The van der Waals surface area contributed by atoms with Crippen LogP contribution in [0.2, 0.25) is 0 Å². The second-order valence-corrected chi connectivity index (χ2v) is 8.03. The third-order valence-electron chi connectivity index (χ3n) is 6.27. The first-order valence-corrected chi connectivity index (χ1v) is 10.1. The summed E-state index contributed by atoms with van der Waals surface area (Å²) in [7, 11) is 0. The van der Waals surface area contributed by atoms with Crippen LogP contribution in [0, 0.1) is 6.92 Å². The van der Waals surface area contributed by atoms with Gasteiger partial charge in [-0.1, -0.05) is 42.5 Å². The Kier molecular flexibility index (Phi) is 4.32. The van der Waals surface area contributed by atoms with Crippen LogP contribution >= 0.6 is 0 Å². The summed E-state index contributed by atoms with van der Waals surface area (Å²) < 4.78 is 12.2. The first-order chi connectivity index (χ1) is 14.1. The van der Waals surface area contributed by atoms with E-state index >= 15 is 0 Å². The van der Waals surface area contributed by atoms with E-state index in [9.17, 15) is 9.59 Å². The van der Waals surface area contributed by atoms with Crippen LogP contribution in [0.1, 0.15) is 30.1 Å². The molecule has 3 aliphatic rings. The Morgan fingerprint density at radius 2 is 2.03 bits per heavy atom. The molecule has 3 saturated heterocycles. The summed E-state index contributed by atoms with van der Waals surface area (Å²) in [5, 5.41) is 0. The first kappa shape index (κ1) is 18.2. The molecule has 0 saturated carbocycles. The molecule has 0 N–H and O–H groups in total. The van der Waals surface area contributed by atoms with Gasteiger partial charge < -0.3 is 19.3 Å². The molecule has 29 heavy (non-hydrogen) atoms. The summed E-state index contributed by atoms with van der Waals surface area (Å²) in [6, 6.07) is 17.4. The number of benzene rings is 2. The van der Waals surface area contributed by atoms with Crippen LogP contribution in [0.4, 0.5) is 0 Å². The standard InChI is InChI=1S/C23H24N2O4/c1-16-6-5-9-18(12-16)28-15-22(27)24-11-10-23-20(24)13-21(26)25(23)14-19(29-23)17-7-3-2-4-8-17/h2-9,12,19-20H,10-11,13-15H2,1H3/t19-,20-,23+/m1/s1. The Labute approximate surface area is 170 Å². The van der Waals surface area contributed by atoms with Crippen LogP contribution < -0.4 is 4.74 Å². The lowest BCUT2D eigenvalue weighted by Gasteiger charge is -2.32. The Hall–Kier alpha value is -2.86. The maximum Gasteiger partial charge on any atom is 0.260 e. The second kappa shape index (κ2) is 6.88. The maximum atomic E-state index is 12.9. The second-order valence-electron chi connectivity index (χ2n) is 8.03. The lowest BCUT2D eigenvalue weighted by Crippen LogP contribution is -2.49. The van der Waals surface area contributed by atoms with Crippen molar-refractivity contribution in [1.82, 2.24) is 9.80 Å². The van der Waals surface area contributed by atoms with Crippen LogP contribution in [0.3, 0.4) is 0 Å². The minimum atomic E-state index is -0.698. The molecule has 1 spiro atoms. The molecule has 5 rings (SSSR count). The molecule has 3 aliphatic heterocycles. The Bertz CT molecular complexity index is 947. The fraction of sp³-hybridized carbons (Fsp3) is 0.391. The molecule has 3 heterocycles. The van der Waals surface area contributed by atoms with Crippen LogP contribution in [-0.2, 0) is 14.3 Å². The van der Waals surface area contributed by atoms with Gasteiger partial charge in [0.05, 0.1) is 19.0 Å². The number of ether oxygens (including phenoxy) is 2. The zero-order valence-electron chi connectivity index (χ0n) is 16.4. The number of rotatable bonds is 4. The van der Waals surface area contributed by atoms with Gasteiger partial charge >= 0.3 is 0 Å². The van der Waals surface area contributed by atoms with Gasteiger partial charge in [-0.3, -0.25) is 9.59 Å². The van der Waals surface area contributed by atoms with Crippen molar-refractivity contribution in [2.24, 2.45) is 0 Å². The molecule has 0 unspecified atom stereocenters. The quantitative estimate of drug-likeness (QED) is 0.803. The molecule has 3 atom stereocenters. The van der Waals surface area contributed by atoms with Crippen molar-refractivity contribution in [2.75, 3.05) is 19.7 Å². The van der Waals surface area contributed by atoms with Crippen molar-refractivity contribution in [3.63, 3.8) is 0 Å². The topological polar surface area (TPSA) is 59.1 Å². The zero-order valence-corrected chi connectivity index (χ0v) is 16.4. The van der Waals surface area contributed by atoms with Crippen LogP contribution in [0.25, 0.3) is 0 Å². The number of nitrogens with zero attached hydrogens (tertiary/aromatic N) is 2.